The Morgan fingerprint density at radius 1 is 1.22 bits per heavy atom. The molecule has 1 amide bonds. The van der Waals surface area contributed by atoms with Crippen LogP contribution in [-0.2, 0) is 27.7 Å². The van der Waals surface area contributed by atoms with Gasteiger partial charge in [0, 0.05) is 38.3 Å². The van der Waals surface area contributed by atoms with Crippen molar-refractivity contribution in [3.8, 4) is 0 Å². The zero-order chi connectivity index (χ0) is 19.3. The second-order valence-electron chi connectivity index (χ2n) is 7.08. The van der Waals surface area contributed by atoms with Crippen LogP contribution in [0, 0.1) is 5.92 Å². The SMILES string of the molecule is CN(Cc1ccccc1)c1ncccc1CNC(=O)C[C@H]1CCS(=O)(=O)C1. The lowest BCUT2D eigenvalue weighted by Gasteiger charge is -2.21. The Balaban J connectivity index is 1.58. The number of sulfone groups is 1. The van der Waals surface area contributed by atoms with Gasteiger partial charge in [-0.3, -0.25) is 4.79 Å². The first kappa shape index (κ1) is 19.4. The van der Waals surface area contributed by atoms with Crippen LogP contribution in [0.3, 0.4) is 0 Å². The molecule has 0 aliphatic carbocycles. The van der Waals surface area contributed by atoms with Gasteiger partial charge in [-0.25, -0.2) is 13.4 Å². The molecule has 0 bridgehead atoms. The van der Waals surface area contributed by atoms with Crippen molar-refractivity contribution in [2.75, 3.05) is 23.5 Å². The van der Waals surface area contributed by atoms with Crippen LogP contribution >= 0.6 is 0 Å². The Bertz CT molecular complexity index is 884. The van der Waals surface area contributed by atoms with Gasteiger partial charge in [0.2, 0.25) is 5.91 Å². The summed E-state index contributed by atoms with van der Waals surface area (Å²) in [4.78, 5) is 18.7. The van der Waals surface area contributed by atoms with Crippen LogP contribution in [0.1, 0.15) is 24.0 Å². The monoisotopic (exact) mass is 387 g/mol. The molecule has 0 radical (unpaired) electrons. The third-order valence-electron chi connectivity index (χ3n) is 4.77. The Kier molecular flexibility index (Phi) is 6.11. The third kappa shape index (κ3) is 5.53. The van der Waals surface area contributed by atoms with E-state index in [0.29, 0.717) is 13.0 Å². The van der Waals surface area contributed by atoms with Crippen molar-refractivity contribution in [1.29, 1.82) is 0 Å². The zero-order valence-corrected chi connectivity index (χ0v) is 16.3. The number of rotatable bonds is 7. The second-order valence-corrected chi connectivity index (χ2v) is 9.31. The molecule has 1 aromatic heterocycles. The van der Waals surface area contributed by atoms with Gasteiger partial charge in [-0.2, -0.15) is 0 Å². The number of amides is 1. The van der Waals surface area contributed by atoms with Crippen LogP contribution < -0.4 is 10.2 Å². The minimum atomic E-state index is -2.95. The molecular formula is C20H25N3O3S. The predicted molar refractivity (Wildman–Crippen MR) is 106 cm³/mol. The molecule has 7 heteroatoms. The van der Waals surface area contributed by atoms with E-state index in [4.69, 9.17) is 0 Å². The molecule has 6 nitrogen and oxygen atoms in total. The fourth-order valence-electron chi connectivity index (χ4n) is 3.41. The maximum atomic E-state index is 12.2. The van der Waals surface area contributed by atoms with Gasteiger partial charge in [0.1, 0.15) is 5.82 Å². The first-order chi connectivity index (χ1) is 12.9. The summed E-state index contributed by atoms with van der Waals surface area (Å²) in [6, 6.07) is 13.9. The Hall–Kier alpha value is -2.41. The van der Waals surface area contributed by atoms with Crippen molar-refractivity contribution in [3.63, 3.8) is 0 Å². The number of anilines is 1. The largest absolute Gasteiger partial charge is 0.355 e. The summed E-state index contributed by atoms with van der Waals surface area (Å²) in [5.74, 6) is 0.965. The van der Waals surface area contributed by atoms with Crippen molar-refractivity contribution >= 4 is 21.6 Å². The average molecular weight is 388 g/mol. The van der Waals surface area contributed by atoms with E-state index in [1.807, 2.05) is 37.4 Å². The maximum Gasteiger partial charge on any atom is 0.220 e. The lowest BCUT2D eigenvalue weighted by atomic mass is 10.1. The normalized spacial score (nSPS) is 18.2. The standard InChI is InChI=1S/C20H25N3O3S/c1-23(14-16-6-3-2-4-7-16)20-18(8-5-10-21-20)13-22-19(24)12-17-9-11-27(25,26)15-17/h2-8,10,17H,9,11-15H2,1H3,(H,22,24)/t17-/m1/s1. The molecular weight excluding hydrogens is 362 g/mol. The molecule has 0 spiro atoms. The third-order valence-corrected chi connectivity index (χ3v) is 6.61. The number of hydrogen-bond donors (Lipinski definition) is 1. The van der Waals surface area contributed by atoms with Crippen LogP contribution in [0.2, 0.25) is 0 Å². The van der Waals surface area contributed by atoms with E-state index in [1.54, 1.807) is 6.20 Å². The summed E-state index contributed by atoms with van der Waals surface area (Å²) in [6.45, 7) is 1.10. The van der Waals surface area contributed by atoms with Gasteiger partial charge in [0.05, 0.1) is 11.5 Å². The summed E-state index contributed by atoms with van der Waals surface area (Å²) in [7, 11) is -0.976. The molecule has 0 saturated carbocycles. The summed E-state index contributed by atoms with van der Waals surface area (Å²) < 4.78 is 23.1. The molecule has 1 N–H and O–H groups in total. The Morgan fingerprint density at radius 3 is 2.70 bits per heavy atom. The van der Waals surface area contributed by atoms with Gasteiger partial charge in [-0.05, 0) is 24.0 Å². The topological polar surface area (TPSA) is 79.4 Å². The highest BCUT2D eigenvalue weighted by Gasteiger charge is 2.29. The summed E-state index contributed by atoms with van der Waals surface area (Å²) in [5, 5.41) is 2.91. The number of nitrogens with one attached hydrogen (secondary N) is 1. The predicted octanol–water partition coefficient (Wildman–Crippen LogP) is 2.16. The smallest absolute Gasteiger partial charge is 0.220 e. The highest BCUT2D eigenvalue weighted by atomic mass is 32.2. The van der Waals surface area contributed by atoms with Gasteiger partial charge in [0.25, 0.3) is 0 Å². The number of aromatic nitrogens is 1. The first-order valence-corrected chi connectivity index (χ1v) is 10.9. The van der Waals surface area contributed by atoms with E-state index in [2.05, 4.69) is 27.3 Å². The molecule has 2 aromatic rings. The summed E-state index contributed by atoms with van der Waals surface area (Å²) in [6.07, 6.45) is 2.58. The summed E-state index contributed by atoms with van der Waals surface area (Å²) in [5.41, 5.74) is 2.12. The van der Waals surface area contributed by atoms with Crippen LogP contribution in [0.5, 0.6) is 0 Å². The number of nitrogens with zero attached hydrogens (tertiary/aromatic N) is 2. The number of carbonyl (C=O) groups excluding carboxylic acids is 1. The van der Waals surface area contributed by atoms with Crippen LogP contribution in [0.4, 0.5) is 5.82 Å². The summed E-state index contributed by atoms with van der Waals surface area (Å²) >= 11 is 0. The van der Waals surface area contributed by atoms with E-state index in [1.165, 1.54) is 5.56 Å². The lowest BCUT2D eigenvalue weighted by molar-refractivity contribution is -0.122. The molecule has 1 saturated heterocycles. The average Bonchev–Trinajstić information content (AvgIpc) is 2.99. The van der Waals surface area contributed by atoms with Crippen LogP contribution in [0.25, 0.3) is 0 Å². The number of carbonyl (C=O) groups is 1. The molecule has 3 rings (SSSR count). The molecule has 1 aliphatic rings. The number of pyridine rings is 1. The van der Waals surface area contributed by atoms with Crippen molar-refractivity contribution in [2.24, 2.45) is 5.92 Å². The molecule has 1 aromatic carbocycles. The van der Waals surface area contributed by atoms with Crippen LogP contribution in [-0.4, -0.2) is 37.9 Å². The highest BCUT2D eigenvalue weighted by Crippen LogP contribution is 2.22. The van der Waals surface area contributed by atoms with Gasteiger partial charge >= 0.3 is 0 Å². The molecule has 144 valence electrons. The number of benzene rings is 1. The van der Waals surface area contributed by atoms with E-state index in [-0.39, 0.29) is 29.8 Å². The molecule has 0 unspecified atom stereocenters. The minimum absolute atomic E-state index is 0.0656. The molecule has 1 fully saturated rings. The highest BCUT2D eigenvalue weighted by molar-refractivity contribution is 7.91. The fourth-order valence-corrected chi connectivity index (χ4v) is 5.27. The molecule has 1 aliphatic heterocycles. The van der Waals surface area contributed by atoms with E-state index in [9.17, 15) is 13.2 Å². The minimum Gasteiger partial charge on any atom is -0.355 e. The fraction of sp³-hybridized carbons (Fsp3) is 0.400. The van der Waals surface area contributed by atoms with Crippen molar-refractivity contribution in [3.05, 3.63) is 59.8 Å². The zero-order valence-electron chi connectivity index (χ0n) is 15.5. The van der Waals surface area contributed by atoms with Gasteiger partial charge < -0.3 is 10.2 Å². The van der Waals surface area contributed by atoms with Crippen molar-refractivity contribution in [2.45, 2.75) is 25.9 Å². The van der Waals surface area contributed by atoms with Crippen LogP contribution in [0.15, 0.2) is 48.7 Å². The van der Waals surface area contributed by atoms with Gasteiger partial charge in [-0.1, -0.05) is 36.4 Å². The molecule has 2 heterocycles. The van der Waals surface area contributed by atoms with E-state index < -0.39 is 9.84 Å². The molecule has 27 heavy (non-hydrogen) atoms. The van der Waals surface area contributed by atoms with Gasteiger partial charge in [0.15, 0.2) is 9.84 Å². The second kappa shape index (κ2) is 8.52. The van der Waals surface area contributed by atoms with E-state index in [0.717, 1.165) is 17.9 Å². The lowest BCUT2D eigenvalue weighted by Crippen LogP contribution is -2.27. The van der Waals surface area contributed by atoms with Gasteiger partial charge in [-0.15, -0.1) is 0 Å². The first-order valence-electron chi connectivity index (χ1n) is 9.09. The molecule has 1 atom stereocenters. The van der Waals surface area contributed by atoms with Crippen molar-refractivity contribution in [1.82, 2.24) is 10.3 Å². The quantitative estimate of drug-likeness (QED) is 0.788. The van der Waals surface area contributed by atoms with E-state index >= 15 is 0 Å². The number of hydrogen-bond acceptors (Lipinski definition) is 5. The Morgan fingerprint density at radius 2 is 2.00 bits per heavy atom. The Labute approximate surface area is 160 Å². The maximum absolute atomic E-state index is 12.2. The van der Waals surface area contributed by atoms with Crippen molar-refractivity contribution < 1.29 is 13.2 Å².